The Bertz CT molecular complexity index is 714. The third-order valence-corrected chi connectivity index (χ3v) is 5.19. The van der Waals surface area contributed by atoms with Crippen molar-refractivity contribution in [2.24, 2.45) is 0 Å². The van der Waals surface area contributed by atoms with Gasteiger partial charge in [0.15, 0.2) is 0 Å². The second-order valence-corrected chi connectivity index (χ2v) is 6.89. The molecule has 4 nitrogen and oxygen atoms in total. The summed E-state index contributed by atoms with van der Waals surface area (Å²) in [5, 5.41) is 3.37. The fraction of sp³-hybridized carbons (Fsp3) is 0.250. The molecular formula is C16H18N2O2S. The zero-order valence-electron chi connectivity index (χ0n) is 11.6. The van der Waals surface area contributed by atoms with Gasteiger partial charge >= 0.3 is 0 Å². The van der Waals surface area contributed by atoms with Crippen molar-refractivity contribution in [3.05, 3.63) is 65.7 Å². The Labute approximate surface area is 125 Å². The molecule has 110 valence electrons. The first-order chi connectivity index (χ1) is 10.2. The van der Waals surface area contributed by atoms with Gasteiger partial charge in [-0.15, -0.1) is 0 Å². The van der Waals surface area contributed by atoms with Gasteiger partial charge in [0.25, 0.3) is 0 Å². The summed E-state index contributed by atoms with van der Waals surface area (Å²) in [6.07, 6.45) is 0.984. The highest BCUT2D eigenvalue weighted by molar-refractivity contribution is 7.89. The van der Waals surface area contributed by atoms with Crippen molar-refractivity contribution in [2.45, 2.75) is 17.4 Å². The van der Waals surface area contributed by atoms with Crippen LogP contribution in [0.3, 0.4) is 0 Å². The van der Waals surface area contributed by atoms with Gasteiger partial charge in [-0.05, 0) is 36.2 Å². The van der Waals surface area contributed by atoms with Crippen LogP contribution in [0.5, 0.6) is 0 Å². The molecule has 1 atom stereocenters. The lowest BCUT2D eigenvalue weighted by molar-refractivity contribution is 0.491. The SMILES string of the molecule is O=S(=O)(NC[C@H]1NCCc2ccccc21)c1ccccc1. The van der Waals surface area contributed by atoms with Crippen LogP contribution in [0, 0.1) is 0 Å². The molecule has 2 N–H and O–H groups in total. The maximum Gasteiger partial charge on any atom is 0.240 e. The zero-order valence-corrected chi connectivity index (χ0v) is 12.4. The van der Waals surface area contributed by atoms with Crippen LogP contribution in [0.2, 0.25) is 0 Å². The number of sulfonamides is 1. The molecule has 2 aromatic rings. The standard InChI is InChI=1S/C16H18N2O2S/c19-21(20,14-7-2-1-3-8-14)18-12-16-15-9-5-4-6-13(15)10-11-17-16/h1-9,16-18H,10-12H2/t16-/m1/s1. The van der Waals surface area contributed by atoms with Crippen LogP contribution in [-0.2, 0) is 16.4 Å². The minimum Gasteiger partial charge on any atom is -0.308 e. The van der Waals surface area contributed by atoms with E-state index in [1.165, 1.54) is 11.1 Å². The predicted molar refractivity (Wildman–Crippen MR) is 82.5 cm³/mol. The van der Waals surface area contributed by atoms with Crippen LogP contribution in [0.25, 0.3) is 0 Å². The molecule has 0 saturated heterocycles. The molecule has 0 spiro atoms. The predicted octanol–water partition coefficient (Wildman–Crippen LogP) is 1.85. The zero-order chi connectivity index (χ0) is 14.7. The van der Waals surface area contributed by atoms with E-state index in [1.807, 2.05) is 12.1 Å². The smallest absolute Gasteiger partial charge is 0.240 e. The van der Waals surface area contributed by atoms with Crippen molar-refractivity contribution in [3.63, 3.8) is 0 Å². The Morgan fingerprint density at radius 2 is 1.76 bits per heavy atom. The maximum atomic E-state index is 12.2. The maximum absolute atomic E-state index is 12.2. The quantitative estimate of drug-likeness (QED) is 0.906. The minimum absolute atomic E-state index is 0.0217. The molecule has 0 bridgehead atoms. The van der Waals surface area contributed by atoms with E-state index in [2.05, 4.69) is 22.2 Å². The van der Waals surface area contributed by atoms with E-state index >= 15 is 0 Å². The average Bonchev–Trinajstić information content (AvgIpc) is 2.54. The van der Waals surface area contributed by atoms with Crippen molar-refractivity contribution in [3.8, 4) is 0 Å². The Morgan fingerprint density at radius 3 is 2.57 bits per heavy atom. The van der Waals surface area contributed by atoms with E-state index in [0.29, 0.717) is 11.4 Å². The summed E-state index contributed by atoms with van der Waals surface area (Å²) in [5.41, 5.74) is 2.47. The molecule has 1 aliphatic rings. The first-order valence-corrected chi connectivity index (χ1v) is 8.51. The summed E-state index contributed by atoms with van der Waals surface area (Å²) in [6.45, 7) is 1.23. The Hall–Kier alpha value is -1.69. The highest BCUT2D eigenvalue weighted by Gasteiger charge is 2.21. The number of nitrogens with one attached hydrogen (secondary N) is 2. The third kappa shape index (κ3) is 3.15. The molecule has 0 amide bonds. The molecule has 0 aromatic heterocycles. The van der Waals surface area contributed by atoms with Gasteiger partial charge < -0.3 is 5.32 Å². The molecule has 0 aliphatic carbocycles. The molecule has 21 heavy (non-hydrogen) atoms. The van der Waals surface area contributed by atoms with Crippen LogP contribution in [-0.4, -0.2) is 21.5 Å². The summed E-state index contributed by atoms with van der Waals surface area (Å²) >= 11 is 0. The van der Waals surface area contributed by atoms with Crippen molar-refractivity contribution in [2.75, 3.05) is 13.1 Å². The number of fused-ring (bicyclic) bond motifs is 1. The van der Waals surface area contributed by atoms with Crippen molar-refractivity contribution < 1.29 is 8.42 Å². The Morgan fingerprint density at radius 1 is 1.05 bits per heavy atom. The number of hydrogen-bond donors (Lipinski definition) is 2. The molecule has 0 saturated carbocycles. The highest BCUT2D eigenvalue weighted by Crippen LogP contribution is 2.22. The summed E-state index contributed by atoms with van der Waals surface area (Å²) in [7, 11) is -3.45. The molecule has 0 fully saturated rings. The van der Waals surface area contributed by atoms with E-state index in [1.54, 1.807) is 30.3 Å². The van der Waals surface area contributed by atoms with Crippen molar-refractivity contribution in [1.29, 1.82) is 0 Å². The number of rotatable bonds is 4. The number of hydrogen-bond acceptors (Lipinski definition) is 3. The molecule has 3 rings (SSSR count). The third-order valence-electron chi connectivity index (χ3n) is 3.75. The normalized spacial score (nSPS) is 18.2. The first kappa shape index (κ1) is 14.3. The fourth-order valence-electron chi connectivity index (χ4n) is 2.65. The molecule has 1 heterocycles. The second-order valence-electron chi connectivity index (χ2n) is 5.12. The van der Waals surface area contributed by atoms with Gasteiger partial charge in [-0.25, -0.2) is 13.1 Å². The lowest BCUT2D eigenvalue weighted by Crippen LogP contribution is -2.38. The van der Waals surface area contributed by atoms with Crippen LogP contribution >= 0.6 is 0 Å². The van der Waals surface area contributed by atoms with E-state index < -0.39 is 10.0 Å². The van der Waals surface area contributed by atoms with Gasteiger partial charge in [-0.1, -0.05) is 42.5 Å². The molecular weight excluding hydrogens is 284 g/mol. The Balaban J connectivity index is 1.75. The largest absolute Gasteiger partial charge is 0.308 e. The monoisotopic (exact) mass is 302 g/mol. The van der Waals surface area contributed by atoms with E-state index in [0.717, 1.165) is 13.0 Å². The topological polar surface area (TPSA) is 58.2 Å². The summed E-state index contributed by atoms with van der Waals surface area (Å²) < 4.78 is 27.2. The van der Waals surface area contributed by atoms with Gasteiger partial charge in [0, 0.05) is 12.6 Å². The molecule has 2 aromatic carbocycles. The summed E-state index contributed by atoms with van der Waals surface area (Å²) in [4.78, 5) is 0.300. The van der Waals surface area contributed by atoms with Gasteiger partial charge in [0.2, 0.25) is 10.0 Å². The van der Waals surface area contributed by atoms with Crippen LogP contribution in [0.15, 0.2) is 59.5 Å². The summed E-state index contributed by atoms with van der Waals surface area (Å²) in [5.74, 6) is 0. The van der Waals surface area contributed by atoms with E-state index in [4.69, 9.17) is 0 Å². The lowest BCUT2D eigenvalue weighted by Gasteiger charge is -2.27. The van der Waals surface area contributed by atoms with Crippen LogP contribution in [0.1, 0.15) is 17.2 Å². The molecule has 1 aliphatic heterocycles. The van der Waals surface area contributed by atoms with Gasteiger partial charge in [-0.2, -0.15) is 0 Å². The lowest BCUT2D eigenvalue weighted by atomic mass is 9.95. The van der Waals surface area contributed by atoms with E-state index in [9.17, 15) is 8.42 Å². The number of benzene rings is 2. The first-order valence-electron chi connectivity index (χ1n) is 7.03. The van der Waals surface area contributed by atoms with Crippen molar-refractivity contribution in [1.82, 2.24) is 10.0 Å². The van der Waals surface area contributed by atoms with Gasteiger partial charge in [0.1, 0.15) is 0 Å². The molecule has 0 radical (unpaired) electrons. The fourth-order valence-corrected chi connectivity index (χ4v) is 3.72. The van der Waals surface area contributed by atoms with Gasteiger partial charge in [-0.3, -0.25) is 0 Å². The molecule has 0 unspecified atom stereocenters. The minimum atomic E-state index is -3.45. The average molecular weight is 302 g/mol. The highest BCUT2D eigenvalue weighted by atomic mass is 32.2. The van der Waals surface area contributed by atoms with Gasteiger partial charge in [0.05, 0.1) is 4.90 Å². The summed E-state index contributed by atoms with van der Waals surface area (Å²) in [6, 6.07) is 16.7. The van der Waals surface area contributed by atoms with Crippen LogP contribution in [0.4, 0.5) is 0 Å². The second kappa shape index (κ2) is 5.97. The van der Waals surface area contributed by atoms with Crippen molar-refractivity contribution >= 4 is 10.0 Å². The van der Waals surface area contributed by atoms with E-state index in [-0.39, 0.29) is 6.04 Å². The van der Waals surface area contributed by atoms with Crippen LogP contribution < -0.4 is 10.0 Å². The Kier molecular flexibility index (Phi) is 4.05. The molecule has 5 heteroatoms.